The van der Waals surface area contributed by atoms with E-state index in [1.807, 2.05) is 19.2 Å². The number of fused-ring (bicyclic) bond motifs is 1. The molecule has 0 saturated heterocycles. The van der Waals surface area contributed by atoms with Gasteiger partial charge in [0.15, 0.2) is 0 Å². The first-order chi connectivity index (χ1) is 13.4. The van der Waals surface area contributed by atoms with Crippen molar-refractivity contribution in [2.24, 2.45) is 0 Å². The van der Waals surface area contributed by atoms with Crippen molar-refractivity contribution in [1.82, 2.24) is 15.3 Å². The zero-order chi connectivity index (χ0) is 19.7. The largest absolute Gasteiger partial charge is 0.489 e. The number of hydrogen-bond donors (Lipinski definition) is 1. The highest BCUT2D eigenvalue weighted by Gasteiger charge is 2.33. The molecular weight excluding hydrogens is 367 g/mol. The summed E-state index contributed by atoms with van der Waals surface area (Å²) < 4.78 is 43.3. The van der Waals surface area contributed by atoms with E-state index in [9.17, 15) is 13.2 Å². The Bertz CT molecular complexity index is 967. The number of nitrogens with zero attached hydrogens (tertiary/aromatic N) is 2. The van der Waals surface area contributed by atoms with E-state index in [0.717, 1.165) is 42.7 Å². The normalized spacial score (nSPS) is 19.4. The van der Waals surface area contributed by atoms with Gasteiger partial charge in [0.25, 0.3) is 0 Å². The third-order valence-electron chi connectivity index (χ3n) is 5.00. The van der Waals surface area contributed by atoms with Crippen LogP contribution in [-0.2, 0) is 12.7 Å². The second-order valence-corrected chi connectivity index (χ2v) is 7.13. The molecule has 1 fully saturated rings. The smallest absolute Gasteiger partial charge is 0.433 e. The molecule has 1 N–H and O–H groups in total. The van der Waals surface area contributed by atoms with Gasteiger partial charge < -0.3 is 10.1 Å². The predicted molar refractivity (Wildman–Crippen MR) is 100.0 cm³/mol. The van der Waals surface area contributed by atoms with Crippen LogP contribution in [0.1, 0.15) is 29.8 Å². The SMILES string of the molecule is Cc1cc2c(CNC3CC(Oc4ccc(C(F)(F)F)nc4)C3)cccc2cn1. The number of aromatic nitrogens is 2. The van der Waals surface area contributed by atoms with Gasteiger partial charge in [0.1, 0.15) is 17.5 Å². The Kier molecular flexibility index (Phi) is 4.93. The Labute approximate surface area is 160 Å². The van der Waals surface area contributed by atoms with Gasteiger partial charge in [-0.25, -0.2) is 4.98 Å². The number of nitrogens with one attached hydrogen (secondary N) is 1. The van der Waals surface area contributed by atoms with Crippen LogP contribution < -0.4 is 10.1 Å². The molecule has 0 spiro atoms. The van der Waals surface area contributed by atoms with Crippen LogP contribution in [0.25, 0.3) is 10.8 Å². The fraction of sp³-hybridized carbons (Fsp3) is 0.333. The summed E-state index contributed by atoms with van der Waals surface area (Å²) >= 11 is 0. The number of pyridine rings is 2. The molecule has 4 rings (SSSR count). The molecule has 0 unspecified atom stereocenters. The second kappa shape index (κ2) is 7.39. The Morgan fingerprint density at radius 2 is 1.93 bits per heavy atom. The molecule has 4 nitrogen and oxygen atoms in total. The average molecular weight is 387 g/mol. The van der Waals surface area contributed by atoms with Crippen molar-refractivity contribution >= 4 is 10.8 Å². The summed E-state index contributed by atoms with van der Waals surface area (Å²) in [5, 5.41) is 5.85. The van der Waals surface area contributed by atoms with E-state index < -0.39 is 11.9 Å². The van der Waals surface area contributed by atoms with Crippen LogP contribution in [0.5, 0.6) is 5.75 Å². The van der Waals surface area contributed by atoms with Crippen LogP contribution in [0.15, 0.2) is 48.8 Å². The van der Waals surface area contributed by atoms with Gasteiger partial charge in [-0.05, 0) is 48.9 Å². The van der Waals surface area contributed by atoms with E-state index in [4.69, 9.17) is 4.74 Å². The molecule has 3 aromatic rings. The monoisotopic (exact) mass is 387 g/mol. The minimum atomic E-state index is -4.43. The van der Waals surface area contributed by atoms with Crippen molar-refractivity contribution in [3.8, 4) is 5.75 Å². The summed E-state index contributed by atoms with van der Waals surface area (Å²) in [7, 11) is 0. The van der Waals surface area contributed by atoms with Gasteiger partial charge in [0, 0.05) is 29.9 Å². The van der Waals surface area contributed by atoms with Crippen molar-refractivity contribution < 1.29 is 17.9 Å². The molecule has 0 bridgehead atoms. The number of halogens is 3. The first-order valence-corrected chi connectivity index (χ1v) is 9.16. The summed E-state index contributed by atoms with van der Waals surface area (Å²) in [4.78, 5) is 7.76. The molecule has 146 valence electrons. The van der Waals surface area contributed by atoms with E-state index in [1.165, 1.54) is 17.0 Å². The number of ether oxygens (including phenoxy) is 1. The quantitative estimate of drug-likeness (QED) is 0.692. The van der Waals surface area contributed by atoms with Gasteiger partial charge in [-0.15, -0.1) is 0 Å². The predicted octanol–water partition coefficient (Wildman–Crippen LogP) is 4.66. The van der Waals surface area contributed by atoms with E-state index in [1.54, 1.807) is 0 Å². The lowest BCUT2D eigenvalue weighted by Crippen LogP contribution is -2.46. The highest BCUT2D eigenvalue weighted by Crippen LogP contribution is 2.30. The molecule has 0 atom stereocenters. The summed E-state index contributed by atoms with van der Waals surface area (Å²) in [5.41, 5.74) is 1.30. The zero-order valence-corrected chi connectivity index (χ0v) is 15.3. The average Bonchev–Trinajstić information content (AvgIpc) is 2.63. The molecule has 7 heteroatoms. The number of hydrogen-bond acceptors (Lipinski definition) is 4. The third-order valence-corrected chi connectivity index (χ3v) is 5.00. The minimum Gasteiger partial charge on any atom is -0.489 e. The Hall–Kier alpha value is -2.67. The van der Waals surface area contributed by atoms with Crippen LogP contribution >= 0.6 is 0 Å². The van der Waals surface area contributed by atoms with Crippen LogP contribution in [0.2, 0.25) is 0 Å². The molecule has 0 amide bonds. The van der Waals surface area contributed by atoms with Gasteiger partial charge in [-0.1, -0.05) is 18.2 Å². The number of rotatable bonds is 5. The Morgan fingerprint density at radius 3 is 2.64 bits per heavy atom. The maximum atomic E-state index is 12.5. The van der Waals surface area contributed by atoms with Gasteiger partial charge >= 0.3 is 6.18 Å². The number of benzene rings is 1. The third kappa shape index (κ3) is 4.09. The molecule has 2 aromatic heterocycles. The summed E-state index contributed by atoms with van der Waals surface area (Å²) in [6, 6.07) is 10.9. The van der Waals surface area contributed by atoms with Crippen LogP contribution in [0, 0.1) is 6.92 Å². The topological polar surface area (TPSA) is 47.0 Å². The molecule has 2 heterocycles. The van der Waals surface area contributed by atoms with Crippen molar-refractivity contribution in [1.29, 1.82) is 0 Å². The fourth-order valence-electron chi connectivity index (χ4n) is 3.39. The second-order valence-electron chi connectivity index (χ2n) is 7.13. The van der Waals surface area contributed by atoms with E-state index in [0.29, 0.717) is 11.8 Å². The lowest BCUT2D eigenvalue weighted by molar-refractivity contribution is -0.141. The minimum absolute atomic E-state index is 0.00463. The summed E-state index contributed by atoms with van der Waals surface area (Å²) in [6.45, 7) is 2.73. The van der Waals surface area contributed by atoms with E-state index >= 15 is 0 Å². The van der Waals surface area contributed by atoms with Crippen molar-refractivity contribution in [3.63, 3.8) is 0 Å². The number of alkyl halides is 3. The molecule has 0 radical (unpaired) electrons. The van der Waals surface area contributed by atoms with Crippen molar-refractivity contribution in [2.45, 2.75) is 44.6 Å². The summed E-state index contributed by atoms with van der Waals surface area (Å²) in [5.74, 6) is 0.369. The van der Waals surface area contributed by atoms with E-state index in [-0.39, 0.29) is 6.10 Å². The molecule has 1 aromatic carbocycles. The Morgan fingerprint density at radius 1 is 1.11 bits per heavy atom. The fourth-order valence-corrected chi connectivity index (χ4v) is 3.39. The molecule has 1 saturated carbocycles. The standard InChI is InChI=1S/C21H20F3N3O/c1-13-7-19-14(10-25-13)3-2-4-15(19)11-26-16-8-18(9-16)28-17-5-6-20(27-12-17)21(22,23)24/h2-7,10,12,16,18,26H,8-9,11H2,1H3. The first-order valence-electron chi connectivity index (χ1n) is 9.16. The van der Waals surface area contributed by atoms with Gasteiger partial charge in [0.05, 0.1) is 6.20 Å². The van der Waals surface area contributed by atoms with Gasteiger partial charge in [-0.3, -0.25) is 4.98 Å². The van der Waals surface area contributed by atoms with Gasteiger partial charge in [-0.2, -0.15) is 13.2 Å². The molecule has 1 aliphatic carbocycles. The van der Waals surface area contributed by atoms with Crippen molar-refractivity contribution in [2.75, 3.05) is 0 Å². The van der Waals surface area contributed by atoms with Crippen LogP contribution in [0.4, 0.5) is 13.2 Å². The highest BCUT2D eigenvalue weighted by molar-refractivity contribution is 5.85. The van der Waals surface area contributed by atoms with Crippen LogP contribution in [0.3, 0.4) is 0 Å². The van der Waals surface area contributed by atoms with Crippen molar-refractivity contribution in [3.05, 3.63) is 65.7 Å². The molecule has 1 aliphatic rings. The summed E-state index contributed by atoms with van der Waals surface area (Å²) in [6.07, 6.45) is 0.212. The maximum Gasteiger partial charge on any atom is 0.433 e. The first kappa shape index (κ1) is 18.7. The maximum absolute atomic E-state index is 12.5. The van der Waals surface area contributed by atoms with Crippen LogP contribution in [-0.4, -0.2) is 22.1 Å². The highest BCUT2D eigenvalue weighted by atomic mass is 19.4. The Balaban J connectivity index is 1.29. The molecule has 0 aliphatic heterocycles. The molecule has 28 heavy (non-hydrogen) atoms. The zero-order valence-electron chi connectivity index (χ0n) is 15.3. The van der Waals surface area contributed by atoms with Gasteiger partial charge in [0.2, 0.25) is 0 Å². The number of aryl methyl sites for hydroxylation is 1. The van der Waals surface area contributed by atoms with E-state index in [2.05, 4.69) is 33.5 Å². The lowest BCUT2D eigenvalue weighted by Gasteiger charge is -2.36. The lowest BCUT2D eigenvalue weighted by atomic mass is 9.89. The molecular formula is C21H20F3N3O.